The maximum Gasteiger partial charge on any atom is 0.471 e. The number of benzene rings is 2. The molecule has 0 spiro atoms. The van der Waals surface area contributed by atoms with Crippen molar-refractivity contribution in [2.75, 3.05) is 4.90 Å². The van der Waals surface area contributed by atoms with E-state index in [1.54, 1.807) is 45.0 Å². The molecule has 1 heterocycles. The van der Waals surface area contributed by atoms with E-state index in [9.17, 15) is 22.8 Å². The van der Waals surface area contributed by atoms with Gasteiger partial charge in [0.05, 0.1) is 0 Å². The monoisotopic (exact) mass is 564 g/mol. The van der Waals surface area contributed by atoms with Crippen molar-refractivity contribution in [3.8, 4) is 0 Å². The molecule has 2 aromatic rings. The van der Waals surface area contributed by atoms with E-state index in [2.05, 4.69) is 15.9 Å². The Labute approximate surface area is 208 Å². The second kappa shape index (κ2) is 8.78. The van der Waals surface area contributed by atoms with Crippen molar-refractivity contribution in [3.05, 3.63) is 62.5 Å². The highest BCUT2D eigenvalue weighted by molar-refractivity contribution is 9.10. The lowest BCUT2D eigenvalue weighted by Gasteiger charge is -2.42. The van der Waals surface area contributed by atoms with Crippen molar-refractivity contribution < 1.29 is 22.8 Å². The number of anilines is 1. The van der Waals surface area contributed by atoms with Gasteiger partial charge in [-0.1, -0.05) is 72.0 Å². The molecule has 2 atom stereocenters. The van der Waals surface area contributed by atoms with Crippen LogP contribution in [0.4, 0.5) is 18.9 Å². The van der Waals surface area contributed by atoms with E-state index in [0.717, 1.165) is 4.47 Å². The van der Waals surface area contributed by atoms with Crippen LogP contribution in [0.2, 0.25) is 10.0 Å². The Hall–Kier alpha value is -1.77. The molecule has 0 aliphatic carbocycles. The molecule has 2 amide bonds. The Morgan fingerprint density at radius 3 is 2.03 bits per heavy atom. The summed E-state index contributed by atoms with van der Waals surface area (Å²) in [5.41, 5.74) is -1.93. The first-order valence-corrected chi connectivity index (χ1v) is 11.6. The van der Waals surface area contributed by atoms with Crippen molar-refractivity contribution in [3.63, 3.8) is 0 Å². The summed E-state index contributed by atoms with van der Waals surface area (Å²) in [6.07, 6.45) is -6.53. The van der Waals surface area contributed by atoms with Gasteiger partial charge in [-0.2, -0.15) is 13.2 Å². The molecule has 1 saturated heterocycles. The maximum atomic E-state index is 13.9. The molecule has 2 aromatic carbocycles. The van der Waals surface area contributed by atoms with Gasteiger partial charge in [0.25, 0.3) is 5.91 Å². The third-order valence-electron chi connectivity index (χ3n) is 5.52. The lowest BCUT2D eigenvalue weighted by Crippen LogP contribution is -2.59. The van der Waals surface area contributed by atoms with Crippen LogP contribution in [0.25, 0.3) is 0 Å². The maximum absolute atomic E-state index is 13.9. The molecule has 1 aliphatic rings. The quantitative estimate of drug-likeness (QED) is 0.407. The number of rotatable bonds is 3. The second-order valence-electron chi connectivity index (χ2n) is 9.29. The van der Waals surface area contributed by atoms with Gasteiger partial charge in [-0.25, -0.2) is 0 Å². The van der Waals surface area contributed by atoms with Crippen molar-refractivity contribution in [1.29, 1.82) is 0 Å². The molecule has 3 rings (SSSR count). The van der Waals surface area contributed by atoms with E-state index < -0.39 is 35.1 Å². The van der Waals surface area contributed by atoms with E-state index in [1.807, 2.05) is 0 Å². The van der Waals surface area contributed by atoms with Crippen LogP contribution in [0.3, 0.4) is 0 Å². The van der Waals surface area contributed by atoms with Crippen LogP contribution in [0, 0.1) is 5.41 Å². The standard InChI is InChI=1S/C23H22BrCl2F3N2O2/c1-21(2,3)18-30(17-10-15(25)9-16(26)11-17)19(32)22(4,31(18)20(33)23(27,28)29)12-13-5-7-14(24)8-6-13/h5-11,18H,12H2,1-4H3/t18-,22+/m0/s1. The number of alkyl halides is 3. The van der Waals surface area contributed by atoms with Gasteiger partial charge < -0.3 is 0 Å². The molecule has 0 bridgehead atoms. The van der Waals surface area contributed by atoms with Crippen molar-refractivity contribution in [2.45, 2.75) is 52.0 Å². The highest BCUT2D eigenvalue weighted by atomic mass is 79.9. The minimum Gasteiger partial charge on any atom is -0.299 e. The summed E-state index contributed by atoms with van der Waals surface area (Å²) in [5.74, 6) is -2.73. The highest BCUT2D eigenvalue weighted by Crippen LogP contribution is 2.46. The van der Waals surface area contributed by atoms with E-state index in [0.29, 0.717) is 10.5 Å². The minimum atomic E-state index is -5.17. The zero-order chi connectivity index (χ0) is 24.9. The fraction of sp³-hybridized carbons (Fsp3) is 0.391. The number of carbonyl (C=O) groups is 2. The largest absolute Gasteiger partial charge is 0.471 e. The first-order valence-electron chi connectivity index (χ1n) is 10.0. The average molecular weight is 566 g/mol. The normalized spacial score (nSPS) is 21.6. The zero-order valence-corrected chi connectivity index (χ0v) is 21.4. The third-order valence-corrected chi connectivity index (χ3v) is 6.49. The Balaban J connectivity index is 2.26. The highest BCUT2D eigenvalue weighted by Gasteiger charge is 2.64. The van der Waals surface area contributed by atoms with Crippen LogP contribution in [-0.2, 0) is 16.0 Å². The first kappa shape index (κ1) is 25.8. The molecule has 0 aromatic heterocycles. The topological polar surface area (TPSA) is 40.6 Å². The SMILES string of the molecule is CC(C)(C)[C@H]1N(c2cc(Cl)cc(Cl)c2)C(=O)[C@@](C)(Cc2ccc(Br)cc2)N1C(=O)C(F)(F)F. The first-order chi connectivity index (χ1) is 15.1. The van der Waals surface area contributed by atoms with Crippen LogP contribution < -0.4 is 4.90 Å². The molecule has 1 aliphatic heterocycles. The molecule has 4 nitrogen and oxygen atoms in total. The minimum absolute atomic E-state index is 0.113. The second-order valence-corrected chi connectivity index (χ2v) is 11.1. The molecular weight excluding hydrogens is 544 g/mol. The van der Waals surface area contributed by atoms with Crippen LogP contribution in [0.1, 0.15) is 33.3 Å². The van der Waals surface area contributed by atoms with Crippen LogP contribution in [-0.4, -0.2) is 34.6 Å². The van der Waals surface area contributed by atoms with Crippen molar-refractivity contribution in [1.82, 2.24) is 4.90 Å². The average Bonchev–Trinajstić information content (AvgIpc) is 2.89. The molecule has 0 N–H and O–H groups in total. The fourth-order valence-electron chi connectivity index (χ4n) is 4.20. The van der Waals surface area contributed by atoms with Crippen molar-refractivity contribution >= 4 is 56.6 Å². The summed E-state index contributed by atoms with van der Waals surface area (Å²) in [6.45, 7) is 6.39. The van der Waals surface area contributed by atoms with Gasteiger partial charge in [-0.05, 0) is 42.8 Å². The molecule has 33 heavy (non-hydrogen) atoms. The van der Waals surface area contributed by atoms with Crippen LogP contribution in [0.5, 0.6) is 0 Å². The van der Waals surface area contributed by atoms with E-state index in [-0.39, 0.29) is 22.2 Å². The molecule has 178 valence electrons. The Kier molecular flexibility index (Phi) is 6.88. The summed E-state index contributed by atoms with van der Waals surface area (Å²) in [6, 6.07) is 11.2. The van der Waals surface area contributed by atoms with E-state index >= 15 is 0 Å². The Bertz CT molecular complexity index is 1070. The van der Waals surface area contributed by atoms with Crippen LogP contribution >= 0.6 is 39.1 Å². The van der Waals surface area contributed by atoms with Gasteiger partial charge in [-0.15, -0.1) is 0 Å². The number of nitrogens with zero attached hydrogens (tertiary/aromatic N) is 2. The molecular formula is C23H22BrCl2F3N2O2. The molecule has 0 saturated carbocycles. The number of amides is 2. The number of hydrogen-bond acceptors (Lipinski definition) is 2. The Morgan fingerprint density at radius 2 is 1.58 bits per heavy atom. The summed E-state index contributed by atoms with van der Waals surface area (Å²) >= 11 is 15.6. The molecule has 1 fully saturated rings. The van der Waals surface area contributed by atoms with E-state index in [4.69, 9.17) is 23.2 Å². The fourth-order valence-corrected chi connectivity index (χ4v) is 4.98. The van der Waals surface area contributed by atoms with Gasteiger partial charge in [0.2, 0.25) is 0 Å². The van der Waals surface area contributed by atoms with E-state index in [1.165, 1.54) is 30.0 Å². The molecule has 0 radical (unpaired) electrons. The van der Waals surface area contributed by atoms with Gasteiger partial charge in [0.15, 0.2) is 0 Å². The summed E-state index contributed by atoms with van der Waals surface area (Å²) in [5, 5.41) is 0.432. The van der Waals surface area contributed by atoms with Crippen LogP contribution in [0.15, 0.2) is 46.9 Å². The molecule has 0 unspecified atom stereocenters. The third kappa shape index (κ3) is 5.03. The van der Waals surface area contributed by atoms with Gasteiger partial charge in [0.1, 0.15) is 11.7 Å². The molecule has 10 heteroatoms. The summed E-state index contributed by atoms with van der Waals surface area (Å²) in [4.78, 5) is 28.6. The summed E-state index contributed by atoms with van der Waals surface area (Å²) < 4.78 is 42.2. The predicted octanol–water partition coefficient (Wildman–Crippen LogP) is 6.87. The zero-order valence-electron chi connectivity index (χ0n) is 18.3. The number of hydrogen-bond donors (Lipinski definition) is 0. The number of carbonyl (C=O) groups excluding carboxylic acids is 2. The smallest absolute Gasteiger partial charge is 0.299 e. The summed E-state index contributed by atoms with van der Waals surface area (Å²) in [7, 11) is 0. The Morgan fingerprint density at radius 1 is 1.06 bits per heavy atom. The lowest BCUT2D eigenvalue weighted by molar-refractivity contribution is -0.194. The van der Waals surface area contributed by atoms with Gasteiger partial charge in [0, 0.05) is 32.0 Å². The van der Waals surface area contributed by atoms with Gasteiger partial charge in [-0.3, -0.25) is 19.4 Å². The van der Waals surface area contributed by atoms with Gasteiger partial charge >= 0.3 is 12.1 Å². The predicted molar refractivity (Wildman–Crippen MR) is 126 cm³/mol. The van der Waals surface area contributed by atoms with Crippen molar-refractivity contribution in [2.24, 2.45) is 5.41 Å². The number of halogens is 6. The lowest BCUT2D eigenvalue weighted by atomic mass is 9.87.